The molecule has 3 heterocycles. The van der Waals surface area contributed by atoms with Gasteiger partial charge < -0.3 is 15.2 Å². The van der Waals surface area contributed by atoms with Gasteiger partial charge in [0, 0.05) is 37.0 Å². The van der Waals surface area contributed by atoms with Crippen LogP contribution >= 0.6 is 0 Å². The van der Waals surface area contributed by atoms with Crippen molar-refractivity contribution >= 4 is 34.2 Å². The van der Waals surface area contributed by atoms with Crippen LogP contribution in [-0.4, -0.2) is 39.8 Å². The molecule has 0 atom stereocenters. The summed E-state index contributed by atoms with van der Waals surface area (Å²) in [6.45, 7) is 1.19. The van der Waals surface area contributed by atoms with E-state index < -0.39 is 5.41 Å². The molecule has 1 aliphatic heterocycles. The van der Waals surface area contributed by atoms with Gasteiger partial charge in [0.25, 0.3) is 0 Å². The molecule has 0 aromatic carbocycles. The third kappa shape index (κ3) is 3.51. The number of pyridine rings is 1. The Bertz CT molecular complexity index is 1070. The lowest BCUT2D eigenvalue weighted by atomic mass is 9.96. The van der Waals surface area contributed by atoms with Crippen LogP contribution in [0.4, 0.5) is 5.82 Å². The van der Waals surface area contributed by atoms with Crippen molar-refractivity contribution in [1.82, 2.24) is 14.9 Å². The highest BCUT2D eigenvalue weighted by Crippen LogP contribution is 2.48. The van der Waals surface area contributed by atoms with E-state index in [1.165, 1.54) is 0 Å². The number of aromatic nitrogens is 2. The third-order valence-electron chi connectivity index (χ3n) is 6.22. The Morgan fingerprint density at radius 1 is 1.38 bits per heavy atom. The van der Waals surface area contributed by atoms with Crippen molar-refractivity contribution in [3.63, 3.8) is 0 Å². The predicted molar refractivity (Wildman–Crippen MR) is 109 cm³/mol. The third-order valence-corrected chi connectivity index (χ3v) is 6.22. The fourth-order valence-corrected chi connectivity index (χ4v) is 3.96. The van der Waals surface area contributed by atoms with Crippen LogP contribution in [0.3, 0.4) is 0 Å². The van der Waals surface area contributed by atoms with Gasteiger partial charge in [-0.2, -0.15) is 5.26 Å². The number of fused-ring (bicyclic) bond motifs is 1. The molecule has 2 aliphatic carbocycles. The van der Waals surface area contributed by atoms with Gasteiger partial charge >= 0.3 is 0 Å². The zero-order valence-corrected chi connectivity index (χ0v) is 16.2. The smallest absolute Gasteiger partial charge is 0.228 e. The summed E-state index contributed by atoms with van der Waals surface area (Å²) in [5.41, 5.74) is 2.55. The van der Waals surface area contributed by atoms with Gasteiger partial charge in [-0.05, 0) is 55.4 Å². The Morgan fingerprint density at radius 2 is 2.21 bits per heavy atom. The second-order valence-corrected chi connectivity index (χ2v) is 8.45. The normalized spacial score (nSPS) is 20.1. The number of nitriles is 1. The number of hydrogen-bond acceptors (Lipinski definition) is 4. The van der Waals surface area contributed by atoms with Crippen molar-refractivity contribution in [1.29, 1.82) is 5.26 Å². The zero-order chi connectivity index (χ0) is 20.0. The predicted octanol–water partition coefficient (Wildman–Crippen LogP) is 3.22. The molecule has 5 rings (SSSR count). The first-order valence-corrected chi connectivity index (χ1v) is 10.2. The van der Waals surface area contributed by atoms with Gasteiger partial charge in [0.15, 0.2) is 0 Å². The molecule has 148 valence electrons. The number of hydrogen-bond donors (Lipinski definition) is 2. The van der Waals surface area contributed by atoms with Crippen molar-refractivity contribution in [3.8, 4) is 6.07 Å². The van der Waals surface area contributed by atoms with Gasteiger partial charge in [0.05, 0.1) is 11.5 Å². The van der Waals surface area contributed by atoms with E-state index in [4.69, 9.17) is 0 Å². The highest BCUT2D eigenvalue weighted by Gasteiger charge is 2.45. The van der Waals surface area contributed by atoms with Crippen LogP contribution < -0.4 is 5.32 Å². The van der Waals surface area contributed by atoms with Gasteiger partial charge in [-0.3, -0.25) is 9.59 Å². The van der Waals surface area contributed by atoms with Crippen LogP contribution in [0.2, 0.25) is 0 Å². The van der Waals surface area contributed by atoms with Crippen LogP contribution in [0.1, 0.15) is 44.1 Å². The molecule has 7 nitrogen and oxygen atoms in total. The largest absolute Gasteiger partial charge is 0.346 e. The topological polar surface area (TPSA) is 102 Å². The first-order valence-electron chi connectivity index (χ1n) is 10.2. The van der Waals surface area contributed by atoms with E-state index in [-0.39, 0.29) is 17.7 Å². The minimum Gasteiger partial charge on any atom is -0.346 e. The standard InChI is InChI=1S/C22H23N5O2/c23-13-22(6-7-22)12-19(28)27-9-4-14(5-10-27)17-11-18(26-21(29)15-1-2-15)25-20-16(17)3-8-24-20/h3-4,8,11,15H,1-2,5-7,9-10,12H2,(H2,24,25,26,29). The van der Waals surface area contributed by atoms with Gasteiger partial charge in [-0.25, -0.2) is 4.98 Å². The lowest BCUT2D eigenvalue weighted by Gasteiger charge is -2.27. The summed E-state index contributed by atoms with van der Waals surface area (Å²) in [5.74, 6) is 0.792. The summed E-state index contributed by atoms with van der Waals surface area (Å²) < 4.78 is 0. The molecule has 3 aliphatic rings. The maximum absolute atomic E-state index is 12.6. The zero-order valence-electron chi connectivity index (χ0n) is 16.2. The van der Waals surface area contributed by atoms with Crippen LogP contribution in [0.15, 0.2) is 24.4 Å². The van der Waals surface area contributed by atoms with Gasteiger partial charge in [-0.15, -0.1) is 0 Å². The molecule has 0 spiro atoms. The summed E-state index contributed by atoms with van der Waals surface area (Å²) in [6, 6.07) is 6.23. The van der Waals surface area contributed by atoms with Gasteiger partial charge in [-0.1, -0.05) is 6.08 Å². The van der Waals surface area contributed by atoms with Crippen molar-refractivity contribution in [2.75, 3.05) is 18.4 Å². The van der Waals surface area contributed by atoms with Gasteiger partial charge in [0.2, 0.25) is 11.8 Å². The molecule has 0 radical (unpaired) electrons. The van der Waals surface area contributed by atoms with E-state index in [1.54, 1.807) is 0 Å². The van der Waals surface area contributed by atoms with E-state index >= 15 is 0 Å². The van der Waals surface area contributed by atoms with Crippen molar-refractivity contribution < 1.29 is 9.59 Å². The monoisotopic (exact) mass is 389 g/mol. The Kier molecular flexibility index (Phi) is 4.16. The van der Waals surface area contributed by atoms with Crippen LogP contribution in [0.25, 0.3) is 16.6 Å². The minimum atomic E-state index is -0.405. The average molecular weight is 389 g/mol. The number of carbonyl (C=O) groups is 2. The molecular formula is C22H23N5O2. The highest BCUT2D eigenvalue weighted by atomic mass is 16.2. The molecule has 29 heavy (non-hydrogen) atoms. The fraction of sp³-hybridized carbons (Fsp3) is 0.455. The summed E-state index contributed by atoms with van der Waals surface area (Å²) in [5, 5.41) is 13.2. The van der Waals surface area contributed by atoms with Gasteiger partial charge in [0.1, 0.15) is 11.5 Å². The number of nitrogens with zero attached hydrogens (tertiary/aromatic N) is 3. The molecular weight excluding hydrogens is 366 g/mol. The Labute approximate surface area is 168 Å². The van der Waals surface area contributed by atoms with E-state index in [0.29, 0.717) is 25.3 Å². The lowest BCUT2D eigenvalue weighted by Crippen LogP contribution is -2.35. The van der Waals surface area contributed by atoms with E-state index in [9.17, 15) is 14.9 Å². The Balaban J connectivity index is 1.35. The van der Waals surface area contributed by atoms with E-state index in [0.717, 1.165) is 54.3 Å². The fourth-order valence-electron chi connectivity index (χ4n) is 3.96. The summed E-state index contributed by atoms with van der Waals surface area (Å²) in [4.78, 5) is 34.2. The quantitative estimate of drug-likeness (QED) is 0.820. The first kappa shape index (κ1) is 17.9. The molecule has 0 bridgehead atoms. The lowest BCUT2D eigenvalue weighted by molar-refractivity contribution is -0.131. The first-order chi connectivity index (χ1) is 14.1. The molecule has 7 heteroatoms. The maximum atomic E-state index is 12.6. The van der Waals surface area contributed by atoms with Crippen molar-refractivity contribution in [2.24, 2.45) is 11.3 Å². The molecule has 0 unspecified atom stereocenters. The SMILES string of the molecule is N#CC1(CC(=O)N2CC=C(c3cc(NC(=O)C4CC4)nc4[nH]ccc34)CC2)CC1. The molecule has 2 amide bonds. The number of carbonyl (C=O) groups excluding carboxylic acids is 2. The molecule has 2 aromatic heterocycles. The highest BCUT2D eigenvalue weighted by molar-refractivity contribution is 5.97. The second kappa shape index (κ2) is 6.73. The van der Waals surface area contributed by atoms with Crippen molar-refractivity contribution in [3.05, 3.63) is 30.0 Å². The average Bonchev–Trinajstić information content (AvgIpc) is 3.66. The van der Waals surface area contributed by atoms with E-state index in [2.05, 4.69) is 27.4 Å². The minimum absolute atomic E-state index is 0.0373. The van der Waals surface area contributed by atoms with Crippen LogP contribution in [0.5, 0.6) is 0 Å². The molecule has 2 aromatic rings. The number of anilines is 1. The van der Waals surface area contributed by atoms with Crippen molar-refractivity contribution in [2.45, 2.75) is 38.5 Å². The summed E-state index contributed by atoms with van der Waals surface area (Å²) in [7, 11) is 0. The summed E-state index contributed by atoms with van der Waals surface area (Å²) >= 11 is 0. The molecule has 2 fully saturated rings. The number of aromatic amines is 1. The van der Waals surface area contributed by atoms with Crippen LogP contribution in [-0.2, 0) is 9.59 Å². The number of rotatable bonds is 5. The molecule has 0 saturated heterocycles. The second-order valence-electron chi connectivity index (χ2n) is 8.45. The number of H-pyrrole nitrogens is 1. The summed E-state index contributed by atoms with van der Waals surface area (Å²) in [6.07, 6.45) is 8.58. The Morgan fingerprint density at radius 3 is 2.86 bits per heavy atom. The maximum Gasteiger partial charge on any atom is 0.228 e. The number of nitrogens with one attached hydrogen (secondary N) is 2. The molecule has 2 saturated carbocycles. The molecule has 2 N–H and O–H groups in total. The van der Waals surface area contributed by atoms with Crippen LogP contribution in [0, 0.1) is 22.7 Å². The van der Waals surface area contributed by atoms with E-state index in [1.807, 2.05) is 23.2 Å². The Hall–Kier alpha value is -3.14. The number of amides is 2.